The van der Waals surface area contributed by atoms with Crippen molar-refractivity contribution in [2.75, 3.05) is 0 Å². The molecule has 0 unspecified atom stereocenters. The molecule has 0 fully saturated rings. The Labute approximate surface area is 79.7 Å². The highest BCUT2D eigenvalue weighted by atomic mass is 32.2. The number of aromatic nitrogens is 3. The quantitative estimate of drug-likeness (QED) is 0.706. The van der Waals surface area contributed by atoms with Crippen LogP contribution in [0.4, 0.5) is 0 Å². The largest absolute Gasteiger partial charge is 0.748 e. The number of H-pyrrole nitrogens is 1. The van der Waals surface area contributed by atoms with E-state index in [0.29, 0.717) is 16.6 Å². The standard InChI is InChI=1S/C7H7N3O3S/c11-14(12,13)4-5-2-1-3-6-7(5)9-10-8-6/h1-3H,4H2,(H,8,9,10)(H,11,12,13)/p-1. The van der Waals surface area contributed by atoms with Gasteiger partial charge in [-0.3, -0.25) is 0 Å². The van der Waals surface area contributed by atoms with Crippen molar-refractivity contribution in [3.05, 3.63) is 23.8 Å². The van der Waals surface area contributed by atoms with E-state index in [1.54, 1.807) is 18.2 Å². The van der Waals surface area contributed by atoms with Crippen LogP contribution in [0.3, 0.4) is 0 Å². The second-order valence-electron chi connectivity index (χ2n) is 2.81. The number of hydrogen-bond donors (Lipinski definition) is 1. The topological polar surface area (TPSA) is 98.8 Å². The number of rotatable bonds is 2. The van der Waals surface area contributed by atoms with Gasteiger partial charge in [0, 0.05) is 0 Å². The van der Waals surface area contributed by atoms with Crippen LogP contribution < -0.4 is 0 Å². The predicted molar refractivity (Wildman–Crippen MR) is 47.3 cm³/mol. The zero-order valence-corrected chi connectivity index (χ0v) is 7.78. The number of fused-ring (bicyclic) bond motifs is 1. The van der Waals surface area contributed by atoms with Crippen LogP contribution in [0.25, 0.3) is 11.0 Å². The average molecular weight is 212 g/mol. The highest BCUT2D eigenvalue weighted by Crippen LogP contribution is 2.15. The van der Waals surface area contributed by atoms with E-state index in [0.717, 1.165) is 0 Å². The fourth-order valence-electron chi connectivity index (χ4n) is 1.23. The maximum absolute atomic E-state index is 10.6. The normalized spacial score (nSPS) is 12.1. The molecule has 1 aromatic carbocycles. The van der Waals surface area contributed by atoms with Crippen molar-refractivity contribution in [2.45, 2.75) is 5.75 Å². The van der Waals surface area contributed by atoms with Gasteiger partial charge in [0.25, 0.3) is 0 Å². The molecule has 1 aromatic heterocycles. The molecule has 2 aromatic rings. The average Bonchev–Trinajstić information content (AvgIpc) is 2.49. The SMILES string of the molecule is O=S(=O)([O-])Cc1cccc2n[nH]nc12. The molecule has 0 aliphatic rings. The molecular weight excluding hydrogens is 206 g/mol. The first-order chi connectivity index (χ1) is 6.56. The van der Waals surface area contributed by atoms with Gasteiger partial charge in [-0.1, -0.05) is 12.1 Å². The lowest BCUT2D eigenvalue weighted by atomic mass is 10.2. The molecule has 0 spiro atoms. The first kappa shape index (κ1) is 9.10. The maximum Gasteiger partial charge on any atom is 0.117 e. The molecular formula is C7H6N3O3S-. The summed E-state index contributed by atoms with van der Waals surface area (Å²) in [5.74, 6) is -0.559. The van der Waals surface area contributed by atoms with Crippen molar-refractivity contribution < 1.29 is 13.0 Å². The van der Waals surface area contributed by atoms with Gasteiger partial charge in [0.1, 0.15) is 11.0 Å². The highest BCUT2D eigenvalue weighted by Gasteiger charge is 2.06. The first-order valence-corrected chi connectivity index (χ1v) is 5.36. The molecule has 2 rings (SSSR count). The number of nitrogens with one attached hydrogen (secondary N) is 1. The molecule has 0 aliphatic carbocycles. The van der Waals surface area contributed by atoms with Crippen molar-refractivity contribution in [3.8, 4) is 0 Å². The van der Waals surface area contributed by atoms with Gasteiger partial charge in [-0.25, -0.2) is 8.42 Å². The monoisotopic (exact) mass is 212 g/mol. The van der Waals surface area contributed by atoms with Gasteiger partial charge < -0.3 is 4.55 Å². The number of para-hydroxylation sites is 1. The minimum absolute atomic E-state index is 0.367. The summed E-state index contributed by atoms with van der Waals surface area (Å²) in [4.78, 5) is 0. The Morgan fingerprint density at radius 1 is 1.36 bits per heavy atom. The molecule has 1 heterocycles. The Morgan fingerprint density at radius 3 is 2.86 bits per heavy atom. The number of nitrogens with zero attached hydrogens (tertiary/aromatic N) is 2. The van der Waals surface area contributed by atoms with Crippen LogP contribution in [0, 0.1) is 0 Å². The van der Waals surface area contributed by atoms with E-state index >= 15 is 0 Å². The fourth-order valence-corrected chi connectivity index (χ4v) is 1.85. The minimum atomic E-state index is -4.28. The Morgan fingerprint density at radius 2 is 2.14 bits per heavy atom. The van der Waals surface area contributed by atoms with Gasteiger partial charge in [0.15, 0.2) is 0 Å². The van der Waals surface area contributed by atoms with E-state index in [-0.39, 0.29) is 0 Å². The second kappa shape index (κ2) is 3.03. The lowest BCUT2D eigenvalue weighted by molar-refractivity contribution is 0.462. The summed E-state index contributed by atoms with van der Waals surface area (Å²) in [6, 6.07) is 4.85. The van der Waals surface area contributed by atoms with Gasteiger partial charge in [0.2, 0.25) is 0 Å². The van der Waals surface area contributed by atoms with Gasteiger partial charge in [0.05, 0.1) is 15.9 Å². The molecule has 0 atom stereocenters. The minimum Gasteiger partial charge on any atom is -0.748 e. The second-order valence-corrected chi connectivity index (χ2v) is 4.21. The zero-order chi connectivity index (χ0) is 10.2. The van der Waals surface area contributed by atoms with E-state index in [1.165, 1.54) is 0 Å². The van der Waals surface area contributed by atoms with Crippen molar-refractivity contribution >= 4 is 21.2 Å². The summed E-state index contributed by atoms with van der Waals surface area (Å²) in [7, 11) is -4.28. The summed E-state index contributed by atoms with van der Waals surface area (Å²) >= 11 is 0. The van der Waals surface area contributed by atoms with Crippen molar-refractivity contribution in [2.24, 2.45) is 0 Å². The van der Waals surface area contributed by atoms with Crippen molar-refractivity contribution in [1.29, 1.82) is 0 Å². The van der Waals surface area contributed by atoms with E-state index in [2.05, 4.69) is 15.4 Å². The van der Waals surface area contributed by atoms with Gasteiger partial charge in [-0.2, -0.15) is 15.4 Å². The van der Waals surface area contributed by atoms with Gasteiger partial charge in [-0.05, 0) is 11.6 Å². The number of hydrogen-bond acceptors (Lipinski definition) is 5. The summed E-state index contributed by atoms with van der Waals surface area (Å²) in [5, 5.41) is 9.91. The molecule has 14 heavy (non-hydrogen) atoms. The summed E-state index contributed by atoms with van der Waals surface area (Å²) < 4.78 is 31.7. The van der Waals surface area contributed by atoms with Crippen LogP contribution >= 0.6 is 0 Å². The van der Waals surface area contributed by atoms with Crippen LogP contribution in [0.1, 0.15) is 5.56 Å². The molecule has 0 saturated carbocycles. The maximum atomic E-state index is 10.6. The van der Waals surface area contributed by atoms with Gasteiger partial charge in [-0.15, -0.1) is 0 Å². The molecule has 74 valence electrons. The Bertz CT molecular complexity index is 560. The number of benzene rings is 1. The predicted octanol–water partition coefficient (Wildman–Crippen LogP) is 0.00310. The third kappa shape index (κ3) is 1.73. The molecule has 0 aliphatic heterocycles. The zero-order valence-electron chi connectivity index (χ0n) is 6.97. The lowest BCUT2D eigenvalue weighted by Crippen LogP contribution is -2.02. The summed E-state index contributed by atoms with van der Waals surface area (Å²) in [5.41, 5.74) is 1.34. The fraction of sp³-hybridized carbons (Fsp3) is 0.143. The Balaban J connectivity index is 2.57. The van der Waals surface area contributed by atoms with Crippen molar-refractivity contribution in [3.63, 3.8) is 0 Å². The smallest absolute Gasteiger partial charge is 0.117 e. The van der Waals surface area contributed by atoms with E-state index in [1.807, 2.05) is 0 Å². The summed E-state index contributed by atoms with van der Waals surface area (Å²) in [6.07, 6.45) is 0. The van der Waals surface area contributed by atoms with E-state index < -0.39 is 15.9 Å². The molecule has 0 bridgehead atoms. The molecule has 0 radical (unpaired) electrons. The molecule has 1 N–H and O–H groups in total. The van der Waals surface area contributed by atoms with Gasteiger partial charge >= 0.3 is 0 Å². The highest BCUT2D eigenvalue weighted by molar-refractivity contribution is 7.84. The van der Waals surface area contributed by atoms with E-state index in [4.69, 9.17) is 0 Å². The van der Waals surface area contributed by atoms with Crippen LogP contribution in [0.5, 0.6) is 0 Å². The number of aromatic amines is 1. The van der Waals surface area contributed by atoms with Crippen molar-refractivity contribution in [1.82, 2.24) is 15.4 Å². The van der Waals surface area contributed by atoms with E-state index in [9.17, 15) is 13.0 Å². The molecule has 0 saturated heterocycles. The van der Waals surface area contributed by atoms with Crippen LogP contribution in [0.15, 0.2) is 18.2 Å². The third-order valence-electron chi connectivity index (χ3n) is 1.76. The lowest BCUT2D eigenvalue weighted by Gasteiger charge is -2.06. The first-order valence-electron chi connectivity index (χ1n) is 3.78. The Hall–Kier alpha value is -1.47. The Kier molecular flexibility index (Phi) is 1.97. The third-order valence-corrected chi connectivity index (χ3v) is 2.43. The van der Waals surface area contributed by atoms with Crippen LogP contribution in [-0.2, 0) is 15.9 Å². The van der Waals surface area contributed by atoms with Crippen LogP contribution in [0.2, 0.25) is 0 Å². The van der Waals surface area contributed by atoms with Crippen LogP contribution in [-0.4, -0.2) is 28.4 Å². The molecule has 0 amide bonds. The molecule has 6 nitrogen and oxygen atoms in total. The summed E-state index contributed by atoms with van der Waals surface area (Å²) in [6.45, 7) is 0. The molecule has 7 heteroatoms.